The third-order valence-corrected chi connectivity index (χ3v) is 5.66. The predicted octanol–water partition coefficient (Wildman–Crippen LogP) is 4.39. The number of aromatic nitrogens is 2. The highest BCUT2D eigenvalue weighted by Gasteiger charge is 2.24. The molecule has 6 heteroatoms. The maximum absolute atomic E-state index is 4.72. The fourth-order valence-corrected chi connectivity index (χ4v) is 4.04. The van der Waals surface area contributed by atoms with Crippen molar-refractivity contribution in [1.82, 2.24) is 14.9 Å². The lowest BCUT2D eigenvalue weighted by Crippen LogP contribution is -2.27. The van der Waals surface area contributed by atoms with Crippen molar-refractivity contribution >= 4 is 17.5 Å². The molecule has 2 fully saturated rings. The number of hydrogen-bond donors (Lipinski definition) is 2. The molecule has 1 atom stereocenters. The summed E-state index contributed by atoms with van der Waals surface area (Å²) >= 11 is 0. The van der Waals surface area contributed by atoms with Gasteiger partial charge in [-0.15, -0.1) is 0 Å². The summed E-state index contributed by atoms with van der Waals surface area (Å²) in [7, 11) is 0. The molecule has 2 saturated heterocycles. The van der Waals surface area contributed by atoms with Crippen LogP contribution in [0.15, 0.2) is 73.7 Å². The van der Waals surface area contributed by atoms with Gasteiger partial charge in [-0.1, -0.05) is 31.9 Å². The van der Waals surface area contributed by atoms with Crippen molar-refractivity contribution in [1.29, 1.82) is 0 Å². The Bertz CT molecular complexity index is 920. The molecule has 156 valence electrons. The third kappa shape index (κ3) is 4.89. The van der Waals surface area contributed by atoms with Crippen molar-refractivity contribution in [3.8, 4) is 0 Å². The Balaban J connectivity index is 1.30. The van der Waals surface area contributed by atoms with E-state index in [2.05, 4.69) is 69.4 Å². The van der Waals surface area contributed by atoms with Gasteiger partial charge in [-0.2, -0.15) is 4.98 Å². The lowest BCUT2D eigenvalue weighted by atomic mass is 10.2. The number of likely N-dealkylation sites (tertiary alicyclic amines) is 1. The van der Waals surface area contributed by atoms with Crippen molar-refractivity contribution in [3.63, 3.8) is 0 Å². The highest BCUT2D eigenvalue weighted by atomic mass is 15.3. The van der Waals surface area contributed by atoms with E-state index >= 15 is 0 Å². The minimum atomic E-state index is 0.360. The Hall–Kier alpha value is -3.12. The van der Waals surface area contributed by atoms with Gasteiger partial charge >= 0.3 is 0 Å². The molecule has 3 heterocycles. The van der Waals surface area contributed by atoms with Gasteiger partial charge in [0.05, 0.1) is 0 Å². The minimum Gasteiger partial charge on any atom is -0.356 e. The van der Waals surface area contributed by atoms with Gasteiger partial charge in [0.2, 0.25) is 5.95 Å². The standard InChI is InChI=1S/C24H30N6/c1-4-18(2)26-21-9-7-20(8-10-21)16-29-15-12-22(17-29)27-24-25-13-11-23(28-24)30-14-5-6-19(30)3/h4,7-11,13,22,26H,1-3,5-6,12,14-17H2,(H,25,27,28). The Kier molecular flexibility index (Phi) is 6.14. The molecule has 1 aromatic heterocycles. The summed E-state index contributed by atoms with van der Waals surface area (Å²) in [6.07, 6.45) is 6.82. The summed E-state index contributed by atoms with van der Waals surface area (Å²) < 4.78 is 0. The first-order valence-corrected chi connectivity index (χ1v) is 10.6. The summed E-state index contributed by atoms with van der Waals surface area (Å²) in [6.45, 7) is 15.7. The molecule has 0 bridgehead atoms. The number of allylic oxidation sites excluding steroid dienone is 2. The first-order chi connectivity index (χ1) is 14.6. The monoisotopic (exact) mass is 402 g/mol. The van der Waals surface area contributed by atoms with Crippen LogP contribution in [0.3, 0.4) is 0 Å². The minimum absolute atomic E-state index is 0.360. The highest BCUT2D eigenvalue weighted by molar-refractivity contribution is 5.51. The van der Waals surface area contributed by atoms with Gasteiger partial charge in [0, 0.05) is 55.5 Å². The molecule has 0 radical (unpaired) electrons. The molecule has 2 aromatic rings. The van der Waals surface area contributed by atoms with Crippen molar-refractivity contribution in [2.24, 2.45) is 0 Å². The summed E-state index contributed by atoms with van der Waals surface area (Å²) in [5.41, 5.74) is 4.27. The van der Waals surface area contributed by atoms with Crippen LogP contribution in [0.5, 0.6) is 0 Å². The Morgan fingerprint density at radius 2 is 2.03 bits per heavy atom. The van der Waals surface area contributed by atoms with Crippen LogP contribution in [-0.4, -0.2) is 40.5 Å². The quantitative estimate of drug-likeness (QED) is 0.639. The summed E-state index contributed by atoms with van der Waals surface area (Å²) in [5, 5.41) is 6.74. The normalized spacial score (nSPS) is 19.1. The van der Waals surface area contributed by atoms with Crippen LogP contribution in [0.25, 0.3) is 0 Å². The van der Waals surface area contributed by atoms with E-state index in [9.17, 15) is 0 Å². The predicted molar refractivity (Wildman–Crippen MR) is 124 cm³/mol. The number of nitrogens with one attached hydrogen (secondary N) is 2. The molecule has 2 aliphatic heterocycles. The first kappa shape index (κ1) is 20.2. The molecular weight excluding hydrogens is 372 g/mol. The molecule has 1 aromatic carbocycles. The number of rotatable bonds is 8. The Labute approximate surface area is 179 Å². The molecule has 0 saturated carbocycles. The van der Waals surface area contributed by atoms with E-state index in [-0.39, 0.29) is 0 Å². The van der Waals surface area contributed by atoms with Gasteiger partial charge < -0.3 is 15.5 Å². The third-order valence-electron chi connectivity index (χ3n) is 5.66. The molecule has 0 aliphatic carbocycles. The van der Waals surface area contributed by atoms with Crippen LogP contribution < -0.4 is 15.5 Å². The van der Waals surface area contributed by atoms with E-state index in [1.165, 1.54) is 5.56 Å². The number of anilines is 3. The average molecular weight is 403 g/mol. The highest BCUT2D eigenvalue weighted by Crippen LogP contribution is 2.26. The molecule has 2 aliphatic rings. The van der Waals surface area contributed by atoms with Crippen LogP contribution >= 0.6 is 0 Å². The van der Waals surface area contributed by atoms with Gasteiger partial charge in [-0.25, -0.2) is 4.98 Å². The van der Waals surface area contributed by atoms with Gasteiger partial charge in [0.1, 0.15) is 5.82 Å². The van der Waals surface area contributed by atoms with Crippen LogP contribution in [0.2, 0.25) is 0 Å². The van der Waals surface area contributed by atoms with E-state index < -0.39 is 0 Å². The smallest absolute Gasteiger partial charge is 0.224 e. The van der Waals surface area contributed by atoms with E-state index in [1.54, 1.807) is 6.08 Å². The van der Waals surface area contributed by atoms with E-state index in [1.807, 2.05) is 12.3 Å². The van der Waals surface area contributed by atoms with Gasteiger partial charge in [0.15, 0.2) is 0 Å². The molecule has 6 nitrogen and oxygen atoms in total. The van der Waals surface area contributed by atoms with Gasteiger partial charge in [-0.05, 0) is 49.1 Å². The molecule has 1 unspecified atom stereocenters. The molecule has 2 N–H and O–H groups in total. The van der Waals surface area contributed by atoms with Crippen molar-refractivity contribution < 1.29 is 0 Å². The summed E-state index contributed by atoms with van der Waals surface area (Å²) in [6, 6.07) is 10.8. The van der Waals surface area contributed by atoms with Crippen molar-refractivity contribution in [3.05, 3.63) is 79.3 Å². The molecular formula is C24H30N6. The second kappa shape index (κ2) is 9.13. The second-order valence-electron chi connectivity index (χ2n) is 7.98. The molecule has 0 spiro atoms. The zero-order chi connectivity index (χ0) is 20.9. The first-order valence-electron chi connectivity index (χ1n) is 10.6. The van der Waals surface area contributed by atoms with E-state index in [0.29, 0.717) is 12.0 Å². The van der Waals surface area contributed by atoms with Crippen molar-refractivity contribution in [2.45, 2.75) is 31.8 Å². The zero-order valence-electron chi connectivity index (χ0n) is 17.5. The largest absolute Gasteiger partial charge is 0.356 e. The Morgan fingerprint density at radius 3 is 2.77 bits per heavy atom. The Morgan fingerprint density at radius 1 is 1.20 bits per heavy atom. The van der Waals surface area contributed by atoms with Crippen LogP contribution in [0, 0.1) is 0 Å². The van der Waals surface area contributed by atoms with E-state index in [4.69, 9.17) is 4.98 Å². The van der Waals surface area contributed by atoms with Crippen LogP contribution in [0.1, 0.15) is 24.8 Å². The molecule has 4 rings (SSSR count). The maximum Gasteiger partial charge on any atom is 0.224 e. The zero-order valence-corrected chi connectivity index (χ0v) is 17.5. The summed E-state index contributed by atoms with van der Waals surface area (Å²) in [4.78, 5) is 13.8. The maximum atomic E-state index is 4.72. The fraction of sp³-hybridized carbons (Fsp3) is 0.333. The topological polar surface area (TPSA) is 56.3 Å². The summed E-state index contributed by atoms with van der Waals surface area (Å²) in [5.74, 6) is 1.65. The van der Waals surface area contributed by atoms with Crippen LogP contribution in [0.4, 0.5) is 17.5 Å². The number of nitrogens with zero attached hydrogens (tertiary/aromatic N) is 4. The fourth-order valence-electron chi connectivity index (χ4n) is 4.04. The molecule has 30 heavy (non-hydrogen) atoms. The van der Waals surface area contributed by atoms with Crippen LogP contribution in [-0.2, 0) is 6.54 Å². The SMILES string of the molecule is C=CC(=C)Nc1ccc(CN2CCC(Nc3nccc(N4CCCC4=C)n3)C2)cc1. The number of hydrogen-bond acceptors (Lipinski definition) is 6. The van der Waals surface area contributed by atoms with Gasteiger partial charge in [0.25, 0.3) is 0 Å². The van der Waals surface area contributed by atoms with Crippen molar-refractivity contribution in [2.75, 3.05) is 35.2 Å². The lowest BCUT2D eigenvalue weighted by molar-refractivity contribution is 0.328. The average Bonchev–Trinajstić information content (AvgIpc) is 3.38. The molecule has 0 amide bonds. The second-order valence-corrected chi connectivity index (χ2v) is 7.98. The van der Waals surface area contributed by atoms with E-state index in [0.717, 1.165) is 68.3 Å². The number of benzene rings is 1. The lowest BCUT2D eigenvalue weighted by Gasteiger charge is -2.20. The van der Waals surface area contributed by atoms with Gasteiger partial charge in [-0.3, -0.25) is 4.90 Å².